The minimum absolute atomic E-state index is 0.0815. The van der Waals surface area contributed by atoms with Crippen LogP contribution in [0.1, 0.15) is 41.0 Å². The van der Waals surface area contributed by atoms with Gasteiger partial charge in [-0.3, -0.25) is 0 Å². The van der Waals surface area contributed by atoms with Gasteiger partial charge in [0.2, 0.25) is 0 Å². The van der Waals surface area contributed by atoms with E-state index in [4.69, 9.17) is 4.74 Å². The summed E-state index contributed by atoms with van der Waals surface area (Å²) in [6.45, 7) is 8.05. The molecule has 0 aliphatic carbocycles. The molecular weight excluding hydrogens is 300 g/mol. The standard InChI is InChI=1S/C12H22N2O6S/c1-11(2,3)20-10(16)14-8(9(15)19-6)7-12(4,5)13-21(14,17)18/h8,13H,7H2,1-6H3/t8-/m0/s1. The van der Waals surface area contributed by atoms with Gasteiger partial charge in [-0.2, -0.15) is 17.4 Å². The molecule has 1 aliphatic rings. The van der Waals surface area contributed by atoms with Crippen LogP contribution in [-0.2, 0) is 24.5 Å². The van der Waals surface area contributed by atoms with E-state index in [0.717, 1.165) is 7.11 Å². The second-order valence-electron chi connectivity index (χ2n) is 6.51. The van der Waals surface area contributed by atoms with Gasteiger partial charge in [-0.1, -0.05) is 0 Å². The lowest BCUT2D eigenvalue weighted by atomic mass is 9.96. The zero-order valence-electron chi connectivity index (χ0n) is 13.1. The Kier molecular flexibility index (Phi) is 4.59. The molecule has 0 aromatic rings. The summed E-state index contributed by atoms with van der Waals surface area (Å²) in [6.07, 6.45) is -1.03. The molecule has 122 valence electrons. The second-order valence-corrected chi connectivity index (χ2v) is 8.06. The molecule has 1 saturated heterocycles. The highest BCUT2D eigenvalue weighted by atomic mass is 32.2. The predicted molar refractivity (Wildman–Crippen MR) is 74.6 cm³/mol. The van der Waals surface area contributed by atoms with Crippen LogP contribution < -0.4 is 4.72 Å². The Bertz CT molecular complexity index is 534. The summed E-state index contributed by atoms with van der Waals surface area (Å²) in [6, 6.07) is -1.26. The average Bonchev–Trinajstić information content (AvgIpc) is 2.20. The largest absolute Gasteiger partial charge is 0.467 e. The number of carbonyl (C=O) groups is 2. The number of amides is 1. The van der Waals surface area contributed by atoms with Crippen molar-refractivity contribution in [3.05, 3.63) is 0 Å². The third-order valence-corrected chi connectivity index (χ3v) is 4.43. The van der Waals surface area contributed by atoms with Gasteiger partial charge in [0, 0.05) is 5.54 Å². The van der Waals surface area contributed by atoms with Crippen molar-refractivity contribution in [1.82, 2.24) is 9.03 Å². The molecule has 0 bridgehead atoms. The number of rotatable bonds is 1. The first-order valence-electron chi connectivity index (χ1n) is 6.43. The highest BCUT2D eigenvalue weighted by Gasteiger charge is 2.50. The normalized spacial score (nSPS) is 24.3. The summed E-state index contributed by atoms with van der Waals surface area (Å²) >= 11 is 0. The highest BCUT2D eigenvalue weighted by molar-refractivity contribution is 7.87. The quantitative estimate of drug-likeness (QED) is 0.716. The number of ether oxygens (including phenoxy) is 2. The molecule has 0 radical (unpaired) electrons. The summed E-state index contributed by atoms with van der Waals surface area (Å²) in [5.74, 6) is -0.806. The van der Waals surface area contributed by atoms with E-state index in [-0.39, 0.29) is 6.42 Å². The molecule has 1 rings (SSSR count). The molecule has 1 N–H and O–H groups in total. The molecule has 0 spiro atoms. The van der Waals surface area contributed by atoms with Crippen molar-refractivity contribution in [3.8, 4) is 0 Å². The molecule has 1 heterocycles. The van der Waals surface area contributed by atoms with Crippen LogP contribution in [-0.4, -0.2) is 49.1 Å². The second kappa shape index (κ2) is 5.45. The maximum Gasteiger partial charge on any atom is 0.425 e. The Morgan fingerprint density at radius 3 is 2.24 bits per heavy atom. The van der Waals surface area contributed by atoms with E-state index in [9.17, 15) is 18.0 Å². The minimum atomic E-state index is -4.20. The monoisotopic (exact) mass is 322 g/mol. The smallest absolute Gasteiger partial charge is 0.425 e. The van der Waals surface area contributed by atoms with E-state index < -0.39 is 39.5 Å². The zero-order valence-corrected chi connectivity index (χ0v) is 13.9. The summed E-state index contributed by atoms with van der Waals surface area (Å²) in [4.78, 5) is 24.0. The number of hydrogen-bond donors (Lipinski definition) is 1. The van der Waals surface area contributed by atoms with Gasteiger partial charge < -0.3 is 9.47 Å². The molecule has 21 heavy (non-hydrogen) atoms. The van der Waals surface area contributed by atoms with Crippen LogP contribution in [0.5, 0.6) is 0 Å². The van der Waals surface area contributed by atoms with Gasteiger partial charge >= 0.3 is 22.3 Å². The number of esters is 1. The number of nitrogens with zero attached hydrogens (tertiary/aromatic N) is 1. The van der Waals surface area contributed by atoms with Crippen molar-refractivity contribution < 1.29 is 27.5 Å². The van der Waals surface area contributed by atoms with Crippen LogP contribution in [0.25, 0.3) is 0 Å². The molecule has 9 heteroatoms. The first-order valence-corrected chi connectivity index (χ1v) is 7.87. The Morgan fingerprint density at radius 1 is 1.29 bits per heavy atom. The molecule has 1 amide bonds. The van der Waals surface area contributed by atoms with Crippen LogP contribution in [0, 0.1) is 0 Å². The van der Waals surface area contributed by atoms with E-state index >= 15 is 0 Å². The third-order valence-electron chi connectivity index (χ3n) is 2.70. The highest BCUT2D eigenvalue weighted by Crippen LogP contribution is 2.28. The van der Waals surface area contributed by atoms with Gasteiger partial charge in [-0.15, -0.1) is 0 Å². The lowest BCUT2D eigenvalue weighted by Gasteiger charge is -2.41. The summed E-state index contributed by atoms with van der Waals surface area (Å²) in [7, 11) is -3.06. The van der Waals surface area contributed by atoms with Gasteiger partial charge in [0.25, 0.3) is 0 Å². The molecule has 0 aromatic carbocycles. The minimum Gasteiger partial charge on any atom is -0.467 e. The predicted octanol–water partition coefficient (Wildman–Crippen LogP) is 0.782. The maximum absolute atomic E-state index is 12.3. The van der Waals surface area contributed by atoms with Gasteiger partial charge in [0.05, 0.1) is 7.11 Å². The Morgan fingerprint density at radius 2 is 1.81 bits per heavy atom. The van der Waals surface area contributed by atoms with E-state index in [1.54, 1.807) is 34.6 Å². The Balaban J connectivity index is 3.22. The number of hydrogen-bond acceptors (Lipinski definition) is 6. The van der Waals surface area contributed by atoms with Gasteiger partial charge in [-0.25, -0.2) is 9.59 Å². The van der Waals surface area contributed by atoms with Crippen molar-refractivity contribution in [3.63, 3.8) is 0 Å². The molecule has 0 aromatic heterocycles. The van der Waals surface area contributed by atoms with E-state index in [0.29, 0.717) is 4.31 Å². The first kappa shape index (κ1) is 17.7. The number of nitrogens with one attached hydrogen (secondary N) is 1. The fourth-order valence-electron chi connectivity index (χ4n) is 2.02. The lowest BCUT2D eigenvalue weighted by Crippen LogP contribution is -2.65. The Hall–Kier alpha value is -1.35. The van der Waals surface area contributed by atoms with E-state index in [1.165, 1.54) is 0 Å². The molecule has 0 unspecified atom stereocenters. The van der Waals surface area contributed by atoms with Crippen molar-refractivity contribution in [2.45, 2.75) is 58.2 Å². The molecule has 1 atom stereocenters. The average molecular weight is 322 g/mol. The Labute approximate surface area is 125 Å². The van der Waals surface area contributed by atoms with Crippen LogP contribution in [0.3, 0.4) is 0 Å². The molecule has 8 nitrogen and oxygen atoms in total. The van der Waals surface area contributed by atoms with Crippen molar-refractivity contribution in [1.29, 1.82) is 0 Å². The maximum atomic E-state index is 12.3. The topological polar surface area (TPSA) is 102 Å². The van der Waals surface area contributed by atoms with Crippen LogP contribution in [0.15, 0.2) is 0 Å². The third kappa shape index (κ3) is 4.31. The van der Waals surface area contributed by atoms with Gasteiger partial charge in [-0.05, 0) is 41.0 Å². The molecule has 1 fully saturated rings. The summed E-state index contributed by atoms with van der Waals surface area (Å²) in [5.41, 5.74) is -1.77. The fraction of sp³-hybridized carbons (Fsp3) is 0.833. The molecule has 1 aliphatic heterocycles. The summed E-state index contributed by atoms with van der Waals surface area (Å²) in [5, 5.41) is 0. The lowest BCUT2D eigenvalue weighted by molar-refractivity contribution is -0.146. The van der Waals surface area contributed by atoms with Gasteiger partial charge in [0.15, 0.2) is 6.04 Å². The van der Waals surface area contributed by atoms with Crippen molar-refractivity contribution in [2.24, 2.45) is 0 Å². The number of methoxy groups -OCH3 is 1. The van der Waals surface area contributed by atoms with Crippen LogP contribution >= 0.6 is 0 Å². The van der Waals surface area contributed by atoms with Gasteiger partial charge in [0.1, 0.15) is 5.60 Å². The van der Waals surface area contributed by atoms with Crippen molar-refractivity contribution in [2.75, 3.05) is 7.11 Å². The fourth-order valence-corrected chi connectivity index (χ4v) is 3.63. The van der Waals surface area contributed by atoms with Crippen LogP contribution in [0.4, 0.5) is 4.79 Å². The van der Waals surface area contributed by atoms with E-state index in [2.05, 4.69) is 9.46 Å². The summed E-state index contributed by atoms with van der Waals surface area (Å²) < 4.78 is 37.0. The van der Waals surface area contributed by atoms with Crippen LogP contribution in [0.2, 0.25) is 0 Å². The molecular formula is C12H22N2O6S. The SMILES string of the molecule is COC(=O)[C@@H]1CC(C)(C)NS(=O)(=O)N1C(=O)OC(C)(C)C. The van der Waals surface area contributed by atoms with Crippen molar-refractivity contribution >= 4 is 22.3 Å². The van der Waals surface area contributed by atoms with E-state index in [1.807, 2.05) is 0 Å². The number of carbonyl (C=O) groups excluding carboxylic acids is 2. The first-order chi connectivity index (χ1) is 9.29. The zero-order chi connectivity index (χ0) is 16.6. The molecule has 0 saturated carbocycles.